The van der Waals surface area contributed by atoms with Crippen LogP contribution >= 0.6 is 0 Å². The number of aryl methyl sites for hydroxylation is 1. The van der Waals surface area contributed by atoms with Gasteiger partial charge in [0.2, 0.25) is 0 Å². The number of benzene rings is 1. The third kappa shape index (κ3) is 7.06. The quantitative estimate of drug-likeness (QED) is 0.664. The molecule has 0 N–H and O–H groups in total. The lowest BCUT2D eigenvalue weighted by molar-refractivity contribution is -0.114. The Labute approximate surface area is 79.5 Å². The second-order valence-electron chi connectivity index (χ2n) is 2.93. The number of rotatable bonds is 1. The van der Waals surface area contributed by atoms with Crippen molar-refractivity contribution in [3.05, 3.63) is 29.8 Å². The Hall–Kier alpha value is -1.31. The lowest BCUT2D eigenvalue weighted by Gasteiger charge is -1.97. The summed E-state index contributed by atoms with van der Waals surface area (Å²) in [6, 6.07) is 7.96. The molecule has 0 atom stereocenters. The van der Waals surface area contributed by atoms with Crippen molar-refractivity contribution in [2.45, 2.75) is 20.8 Å². The van der Waals surface area contributed by atoms with Gasteiger partial charge >= 0.3 is 0 Å². The smallest absolute Gasteiger partial charge is 0.126 e. The summed E-state index contributed by atoms with van der Waals surface area (Å²) in [5.74, 6) is 1.08. The molecule has 0 radical (unpaired) electrons. The average Bonchev–Trinajstić information content (AvgIpc) is 2.05. The SMILES string of the molecule is CC(C)=O.COc1ccc(C)cc1. The van der Waals surface area contributed by atoms with Crippen molar-refractivity contribution in [1.82, 2.24) is 0 Å². The molecule has 2 heteroatoms. The zero-order chi connectivity index (χ0) is 10.3. The molecule has 0 aliphatic rings. The van der Waals surface area contributed by atoms with E-state index in [1.54, 1.807) is 7.11 Å². The Morgan fingerprint density at radius 1 is 1.15 bits per heavy atom. The molecule has 0 saturated heterocycles. The first kappa shape index (κ1) is 11.7. The Morgan fingerprint density at radius 3 is 1.85 bits per heavy atom. The van der Waals surface area contributed by atoms with Crippen LogP contribution in [-0.2, 0) is 4.79 Å². The maximum atomic E-state index is 9.44. The van der Waals surface area contributed by atoms with Crippen LogP contribution in [0.1, 0.15) is 19.4 Å². The van der Waals surface area contributed by atoms with Crippen LogP contribution in [0.3, 0.4) is 0 Å². The first-order valence-electron chi connectivity index (χ1n) is 4.14. The molecule has 0 aliphatic heterocycles. The predicted molar refractivity (Wildman–Crippen MR) is 54.1 cm³/mol. The van der Waals surface area contributed by atoms with E-state index in [2.05, 4.69) is 6.92 Å². The van der Waals surface area contributed by atoms with Gasteiger partial charge in [0.05, 0.1) is 7.11 Å². The molecule has 0 fully saturated rings. The lowest BCUT2D eigenvalue weighted by Crippen LogP contribution is -1.80. The van der Waals surface area contributed by atoms with Crippen molar-refractivity contribution in [3.8, 4) is 5.75 Å². The fourth-order valence-electron chi connectivity index (χ4n) is 0.674. The number of carbonyl (C=O) groups is 1. The van der Waals surface area contributed by atoms with E-state index in [1.807, 2.05) is 24.3 Å². The van der Waals surface area contributed by atoms with E-state index in [1.165, 1.54) is 19.4 Å². The molecule has 0 aliphatic carbocycles. The molecular weight excluding hydrogens is 164 g/mol. The second kappa shape index (κ2) is 6.23. The van der Waals surface area contributed by atoms with E-state index in [0.717, 1.165) is 5.75 Å². The Kier molecular flexibility index (Phi) is 5.60. The topological polar surface area (TPSA) is 26.3 Å². The zero-order valence-corrected chi connectivity index (χ0v) is 8.63. The summed E-state index contributed by atoms with van der Waals surface area (Å²) in [6.45, 7) is 5.11. The number of ketones is 1. The number of methoxy groups -OCH3 is 1. The van der Waals surface area contributed by atoms with Gasteiger partial charge in [-0.3, -0.25) is 0 Å². The molecule has 0 heterocycles. The van der Waals surface area contributed by atoms with Gasteiger partial charge in [-0.05, 0) is 32.9 Å². The van der Waals surface area contributed by atoms with Gasteiger partial charge in [0.25, 0.3) is 0 Å². The van der Waals surface area contributed by atoms with Gasteiger partial charge < -0.3 is 9.53 Å². The maximum absolute atomic E-state index is 9.44. The van der Waals surface area contributed by atoms with Crippen molar-refractivity contribution in [2.75, 3.05) is 7.11 Å². The minimum atomic E-state index is 0.167. The monoisotopic (exact) mass is 180 g/mol. The molecule has 72 valence electrons. The summed E-state index contributed by atoms with van der Waals surface area (Å²) in [7, 11) is 1.67. The summed E-state index contributed by atoms with van der Waals surface area (Å²) < 4.78 is 4.97. The van der Waals surface area contributed by atoms with E-state index in [4.69, 9.17) is 4.74 Å². The van der Waals surface area contributed by atoms with Gasteiger partial charge in [0.1, 0.15) is 11.5 Å². The van der Waals surface area contributed by atoms with Crippen LogP contribution in [0.5, 0.6) is 5.75 Å². The normalized spacial score (nSPS) is 8.31. The zero-order valence-electron chi connectivity index (χ0n) is 8.63. The highest BCUT2D eigenvalue weighted by Gasteiger charge is 1.85. The highest BCUT2D eigenvalue weighted by Crippen LogP contribution is 2.09. The third-order valence-corrected chi connectivity index (χ3v) is 1.26. The summed E-state index contributed by atoms with van der Waals surface area (Å²) in [5, 5.41) is 0. The first-order chi connectivity index (χ1) is 6.06. The standard InChI is InChI=1S/C8H10O.C3H6O/c1-7-3-5-8(9-2)6-4-7;1-3(2)4/h3-6H,1-2H3;1-2H3. The van der Waals surface area contributed by atoms with Crippen LogP contribution in [0.15, 0.2) is 24.3 Å². The summed E-state index contributed by atoms with van der Waals surface area (Å²) in [5.41, 5.74) is 1.26. The number of ether oxygens (including phenoxy) is 1. The molecule has 13 heavy (non-hydrogen) atoms. The maximum Gasteiger partial charge on any atom is 0.126 e. The van der Waals surface area contributed by atoms with E-state index in [9.17, 15) is 4.79 Å². The molecule has 1 aromatic rings. The molecule has 0 spiro atoms. The van der Waals surface area contributed by atoms with Crippen molar-refractivity contribution < 1.29 is 9.53 Å². The summed E-state index contributed by atoms with van der Waals surface area (Å²) in [4.78, 5) is 9.44. The molecule has 1 rings (SSSR count). The van der Waals surface area contributed by atoms with Crippen LogP contribution < -0.4 is 4.74 Å². The summed E-state index contributed by atoms with van der Waals surface area (Å²) in [6.07, 6.45) is 0. The van der Waals surface area contributed by atoms with Crippen molar-refractivity contribution >= 4 is 5.78 Å². The van der Waals surface area contributed by atoms with E-state index < -0.39 is 0 Å². The van der Waals surface area contributed by atoms with Gasteiger partial charge in [-0.2, -0.15) is 0 Å². The lowest BCUT2D eigenvalue weighted by atomic mass is 10.2. The van der Waals surface area contributed by atoms with Crippen molar-refractivity contribution in [3.63, 3.8) is 0 Å². The average molecular weight is 180 g/mol. The Balaban J connectivity index is 0.000000310. The van der Waals surface area contributed by atoms with Gasteiger partial charge in [0.15, 0.2) is 0 Å². The molecule has 0 amide bonds. The number of hydrogen-bond acceptors (Lipinski definition) is 2. The fraction of sp³-hybridized carbons (Fsp3) is 0.364. The van der Waals surface area contributed by atoms with E-state index >= 15 is 0 Å². The molecule has 0 aromatic heterocycles. The van der Waals surface area contributed by atoms with E-state index in [-0.39, 0.29) is 5.78 Å². The number of carbonyl (C=O) groups excluding carboxylic acids is 1. The number of hydrogen-bond donors (Lipinski definition) is 0. The molecule has 2 nitrogen and oxygen atoms in total. The van der Waals surface area contributed by atoms with Gasteiger partial charge in [-0.25, -0.2) is 0 Å². The van der Waals surface area contributed by atoms with Crippen LogP contribution in [0.4, 0.5) is 0 Å². The highest BCUT2D eigenvalue weighted by atomic mass is 16.5. The van der Waals surface area contributed by atoms with Crippen LogP contribution in [-0.4, -0.2) is 12.9 Å². The summed E-state index contributed by atoms with van der Waals surface area (Å²) >= 11 is 0. The number of Topliss-reactive ketones (excluding diaryl/α,β-unsaturated/α-hetero) is 1. The molecule has 0 saturated carbocycles. The largest absolute Gasteiger partial charge is 0.497 e. The minimum Gasteiger partial charge on any atom is -0.497 e. The van der Waals surface area contributed by atoms with Gasteiger partial charge in [0, 0.05) is 0 Å². The molecule has 1 aromatic carbocycles. The molecule has 0 unspecified atom stereocenters. The Morgan fingerprint density at radius 2 is 1.54 bits per heavy atom. The third-order valence-electron chi connectivity index (χ3n) is 1.26. The Bertz CT molecular complexity index is 245. The van der Waals surface area contributed by atoms with Crippen molar-refractivity contribution in [2.24, 2.45) is 0 Å². The second-order valence-corrected chi connectivity index (χ2v) is 2.93. The van der Waals surface area contributed by atoms with Gasteiger partial charge in [-0.15, -0.1) is 0 Å². The molecular formula is C11H16O2. The first-order valence-corrected chi connectivity index (χ1v) is 4.14. The fourth-order valence-corrected chi connectivity index (χ4v) is 0.674. The van der Waals surface area contributed by atoms with Gasteiger partial charge in [-0.1, -0.05) is 17.7 Å². The molecule has 0 bridgehead atoms. The van der Waals surface area contributed by atoms with Crippen LogP contribution in [0.2, 0.25) is 0 Å². The van der Waals surface area contributed by atoms with Crippen molar-refractivity contribution in [1.29, 1.82) is 0 Å². The van der Waals surface area contributed by atoms with Crippen LogP contribution in [0.25, 0.3) is 0 Å². The minimum absolute atomic E-state index is 0.167. The highest BCUT2D eigenvalue weighted by molar-refractivity contribution is 5.72. The van der Waals surface area contributed by atoms with Crippen LogP contribution in [0, 0.1) is 6.92 Å². The van der Waals surface area contributed by atoms with E-state index in [0.29, 0.717) is 0 Å². The predicted octanol–water partition coefficient (Wildman–Crippen LogP) is 2.60.